The number of hydrogen-bond donors (Lipinski definition) is 2. The number of aromatic carboxylic acids is 1. The number of carboxylic acid groups (broad SMARTS) is 1. The molecule has 1 amide bonds. The fraction of sp³-hybridized carbons (Fsp3) is 0.259. The number of ether oxygens (including phenoxy) is 1. The fourth-order valence-corrected chi connectivity index (χ4v) is 3.65. The number of rotatable bonds is 8. The number of carbonyl (C=O) groups excluding carboxylic acids is 1. The van der Waals surface area contributed by atoms with Crippen LogP contribution in [0.4, 0.5) is 4.39 Å². The number of hydrogen-bond acceptors (Lipinski definition) is 3. The monoisotopic (exact) mass is 449 g/mol. The highest BCUT2D eigenvalue weighted by molar-refractivity contribution is 5.95. The second-order valence-corrected chi connectivity index (χ2v) is 8.10. The summed E-state index contributed by atoms with van der Waals surface area (Å²) < 4.78 is 19.6. The SMILES string of the molecule is CCCOc1ccc(C(=O)NCc2cc(-c3cc(C(=O)O)c(F)cc3C)ccc2C)c(C)c1. The molecular formula is C27H28FNO4. The zero-order chi connectivity index (χ0) is 24.1. The molecule has 5 nitrogen and oxygen atoms in total. The first-order valence-electron chi connectivity index (χ1n) is 10.9. The number of halogens is 1. The van der Waals surface area contributed by atoms with E-state index in [9.17, 15) is 19.1 Å². The van der Waals surface area contributed by atoms with Crippen molar-refractivity contribution in [3.8, 4) is 16.9 Å². The van der Waals surface area contributed by atoms with Crippen LogP contribution in [0, 0.1) is 26.6 Å². The van der Waals surface area contributed by atoms with E-state index >= 15 is 0 Å². The van der Waals surface area contributed by atoms with E-state index in [-0.39, 0.29) is 11.5 Å². The Morgan fingerprint density at radius 1 is 0.939 bits per heavy atom. The number of aryl methyl sites for hydroxylation is 3. The van der Waals surface area contributed by atoms with Crippen LogP contribution in [0.3, 0.4) is 0 Å². The zero-order valence-corrected chi connectivity index (χ0v) is 19.3. The summed E-state index contributed by atoms with van der Waals surface area (Å²) in [6.07, 6.45) is 0.911. The van der Waals surface area contributed by atoms with Gasteiger partial charge in [0.15, 0.2) is 0 Å². The Balaban J connectivity index is 1.81. The standard InChI is InChI=1S/C27H28FNO4/c1-5-10-33-21-8-9-22(17(3)11-21)26(30)29-15-20-13-19(7-6-16(20)2)23-14-24(27(31)32)25(28)12-18(23)4/h6-9,11-14H,5,10,15H2,1-4H3,(H,29,30)(H,31,32). The minimum absolute atomic E-state index is 0.189. The van der Waals surface area contributed by atoms with E-state index in [1.807, 2.05) is 45.0 Å². The maximum absolute atomic E-state index is 14.0. The molecule has 0 bridgehead atoms. The first-order valence-corrected chi connectivity index (χ1v) is 10.9. The molecule has 0 aliphatic carbocycles. The quantitative estimate of drug-likeness (QED) is 0.453. The van der Waals surface area contributed by atoms with Crippen LogP contribution in [-0.4, -0.2) is 23.6 Å². The van der Waals surface area contributed by atoms with E-state index in [2.05, 4.69) is 5.32 Å². The molecule has 0 saturated heterocycles. The van der Waals surface area contributed by atoms with Crippen molar-refractivity contribution in [1.29, 1.82) is 0 Å². The van der Waals surface area contributed by atoms with Crippen LogP contribution in [0.1, 0.15) is 56.3 Å². The molecule has 33 heavy (non-hydrogen) atoms. The molecule has 6 heteroatoms. The molecular weight excluding hydrogens is 421 g/mol. The summed E-state index contributed by atoms with van der Waals surface area (Å²) in [6, 6.07) is 13.7. The lowest BCUT2D eigenvalue weighted by Crippen LogP contribution is -2.24. The lowest BCUT2D eigenvalue weighted by atomic mass is 9.94. The Kier molecular flexibility index (Phi) is 7.48. The van der Waals surface area contributed by atoms with Crippen molar-refractivity contribution in [2.45, 2.75) is 40.7 Å². The third kappa shape index (κ3) is 5.58. The zero-order valence-electron chi connectivity index (χ0n) is 19.3. The minimum Gasteiger partial charge on any atom is -0.494 e. The van der Waals surface area contributed by atoms with Gasteiger partial charge in [0.2, 0.25) is 0 Å². The average Bonchev–Trinajstić information content (AvgIpc) is 2.77. The van der Waals surface area contributed by atoms with Gasteiger partial charge in [-0.3, -0.25) is 4.79 Å². The molecule has 3 aromatic carbocycles. The average molecular weight is 450 g/mol. The summed E-state index contributed by atoms with van der Waals surface area (Å²) >= 11 is 0. The normalized spacial score (nSPS) is 10.7. The number of amides is 1. The first-order chi connectivity index (χ1) is 15.7. The molecule has 0 atom stereocenters. The van der Waals surface area contributed by atoms with Gasteiger partial charge in [-0.05, 0) is 97.0 Å². The van der Waals surface area contributed by atoms with Crippen molar-refractivity contribution in [2.75, 3.05) is 6.61 Å². The van der Waals surface area contributed by atoms with Crippen LogP contribution >= 0.6 is 0 Å². The second-order valence-electron chi connectivity index (χ2n) is 8.10. The van der Waals surface area contributed by atoms with E-state index in [1.165, 1.54) is 12.1 Å². The summed E-state index contributed by atoms with van der Waals surface area (Å²) in [5.41, 5.74) is 4.95. The highest BCUT2D eigenvalue weighted by Gasteiger charge is 2.16. The van der Waals surface area contributed by atoms with Crippen molar-refractivity contribution in [2.24, 2.45) is 0 Å². The molecule has 0 saturated carbocycles. The highest BCUT2D eigenvalue weighted by Crippen LogP contribution is 2.28. The Bertz CT molecular complexity index is 1200. The van der Waals surface area contributed by atoms with E-state index < -0.39 is 11.8 Å². The van der Waals surface area contributed by atoms with Crippen LogP contribution < -0.4 is 10.1 Å². The van der Waals surface area contributed by atoms with Crippen molar-refractivity contribution >= 4 is 11.9 Å². The number of nitrogens with one attached hydrogen (secondary N) is 1. The molecule has 0 aliphatic heterocycles. The van der Waals surface area contributed by atoms with Gasteiger partial charge in [0.1, 0.15) is 11.6 Å². The van der Waals surface area contributed by atoms with Crippen molar-refractivity contribution in [3.05, 3.63) is 87.7 Å². The molecule has 0 fully saturated rings. The number of carboxylic acids is 1. The molecule has 0 aromatic heterocycles. The van der Waals surface area contributed by atoms with Crippen molar-refractivity contribution in [3.63, 3.8) is 0 Å². The van der Waals surface area contributed by atoms with Crippen LogP contribution in [0.15, 0.2) is 48.5 Å². The molecule has 2 N–H and O–H groups in total. The topological polar surface area (TPSA) is 75.6 Å². The van der Waals surface area contributed by atoms with Gasteiger partial charge < -0.3 is 15.2 Å². The predicted octanol–water partition coefficient (Wildman–Crippen LogP) is 5.83. The van der Waals surface area contributed by atoms with Gasteiger partial charge in [0.25, 0.3) is 5.91 Å². The molecule has 0 unspecified atom stereocenters. The molecule has 3 rings (SSSR count). The Hall–Kier alpha value is -3.67. The van der Waals surface area contributed by atoms with Crippen molar-refractivity contribution < 1.29 is 23.8 Å². The van der Waals surface area contributed by atoms with Gasteiger partial charge in [-0.2, -0.15) is 0 Å². The minimum atomic E-state index is -1.31. The van der Waals surface area contributed by atoms with E-state index in [0.717, 1.165) is 34.4 Å². The van der Waals surface area contributed by atoms with Crippen LogP contribution in [0.2, 0.25) is 0 Å². The van der Waals surface area contributed by atoms with Crippen LogP contribution in [0.25, 0.3) is 11.1 Å². The van der Waals surface area contributed by atoms with Crippen LogP contribution in [0.5, 0.6) is 5.75 Å². The molecule has 0 heterocycles. The fourth-order valence-electron chi connectivity index (χ4n) is 3.65. The molecule has 0 aliphatic rings. The summed E-state index contributed by atoms with van der Waals surface area (Å²) in [5.74, 6) is -1.52. The number of carbonyl (C=O) groups is 2. The van der Waals surface area contributed by atoms with Gasteiger partial charge in [-0.15, -0.1) is 0 Å². The van der Waals surface area contributed by atoms with Gasteiger partial charge in [0.05, 0.1) is 12.2 Å². The van der Waals surface area contributed by atoms with Crippen molar-refractivity contribution in [1.82, 2.24) is 5.32 Å². The lowest BCUT2D eigenvalue weighted by molar-refractivity contribution is 0.0691. The Morgan fingerprint density at radius 3 is 2.36 bits per heavy atom. The van der Waals surface area contributed by atoms with Gasteiger partial charge in [-0.25, -0.2) is 9.18 Å². The molecule has 0 spiro atoms. The highest BCUT2D eigenvalue weighted by atomic mass is 19.1. The molecule has 3 aromatic rings. The number of benzene rings is 3. The third-order valence-electron chi connectivity index (χ3n) is 5.56. The van der Waals surface area contributed by atoms with E-state index in [0.29, 0.717) is 29.8 Å². The summed E-state index contributed by atoms with van der Waals surface area (Å²) in [5, 5.41) is 12.2. The predicted molar refractivity (Wildman–Crippen MR) is 126 cm³/mol. The lowest BCUT2D eigenvalue weighted by Gasteiger charge is -2.14. The smallest absolute Gasteiger partial charge is 0.338 e. The van der Waals surface area contributed by atoms with Gasteiger partial charge in [0, 0.05) is 12.1 Å². The maximum atomic E-state index is 14.0. The van der Waals surface area contributed by atoms with Crippen LogP contribution in [-0.2, 0) is 6.54 Å². The summed E-state index contributed by atoms with van der Waals surface area (Å²) in [4.78, 5) is 24.1. The second kappa shape index (κ2) is 10.3. The summed E-state index contributed by atoms with van der Waals surface area (Å²) in [7, 11) is 0. The first kappa shape index (κ1) is 24.0. The third-order valence-corrected chi connectivity index (χ3v) is 5.56. The maximum Gasteiger partial charge on any atom is 0.338 e. The summed E-state index contributed by atoms with van der Waals surface area (Å²) in [6.45, 7) is 8.52. The Morgan fingerprint density at radius 2 is 1.70 bits per heavy atom. The largest absolute Gasteiger partial charge is 0.494 e. The van der Waals surface area contributed by atoms with E-state index in [4.69, 9.17) is 4.74 Å². The Labute approximate surface area is 193 Å². The molecule has 0 radical (unpaired) electrons. The van der Waals surface area contributed by atoms with Gasteiger partial charge >= 0.3 is 5.97 Å². The van der Waals surface area contributed by atoms with E-state index in [1.54, 1.807) is 19.1 Å². The van der Waals surface area contributed by atoms with Gasteiger partial charge in [-0.1, -0.05) is 19.1 Å². The molecule has 172 valence electrons.